The fourth-order valence-electron chi connectivity index (χ4n) is 3.71. The van der Waals surface area contributed by atoms with Gasteiger partial charge in [-0.25, -0.2) is 4.98 Å². The standard InChI is InChI=1S/C23H24N4OS3/c1-5-27-20(13-30-23-24-17-8-6-7-9-19(17)31-23)25-26-22(27)29-12-18(28)21-15(3)10-14(2)11-16(21)4/h6-11H,5,12-13H2,1-4H3. The second-order valence-corrected chi connectivity index (χ2v) is 10.6. The average molecular weight is 469 g/mol. The Morgan fingerprint density at radius 3 is 2.52 bits per heavy atom. The predicted octanol–water partition coefficient (Wildman–Crippen LogP) is 6.10. The number of nitrogens with zero attached hydrogens (tertiary/aromatic N) is 4. The van der Waals surface area contributed by atoms with Gasteiger partial charge in [-0.2, -0.15) is 0 Å². The molecule has 0 spiro atoms. The van der Waals surface area contributed by atoms with E-state index in [0.29, 0.717) is 11.5 Å². The highest BCUT2D eigenvalue weighted by atomic mass is 32.2. The van der Waals surface area contributed by atoms with Gasteiger partial charge in [0.05, 0.1) is 21.7 Å². The molecule has 0 bridgehead atoms. The first kappa shape index (κ1) is 22.0. The van der Waals surface area contributed by atoms with Crippen LogP contribution in [-0.4, -0.2) is 31.3 Å². The molecule has 0 saturated carbocycles. The van der Waals surface area contributed by atoms with Gasteiger partial charge in [0, 0.05) is 12.1 Å². The Kier molecular flexibility index (Phi) is 6.79. The average Bonchev–Trinajstić information content (AvgIpc) is 3.32. The highest BCUT2D eigenvalue weighted by Crippen LogP contribution is 2.32. The monoisotopic (exact) mass is 468 g/mol. The summed E-state index contributed by atoms with van der Waals surface area (Å²) in [7, 11) is 0. The van der Waals surface area contributed by atoms with Crippen LogP contribution in [0.3, 0.4) is 0 Å². The lowest BCUT2D eigenvalue weighted by Gasteiger charge is -2.10. The van der Waals surface area contributed by atoms with Gasteiger partial charge in [-0.1, -0.05) is 53.4 Å². The number of ketones is 1. The molecule has 0 aliphatic heterocycles. The van der Waals surface area contributed by atoms with Crippen molar-refractivity contribution in [1.29, 1.82) is 0 Å². The van der Waals surface area contributed by atoms with Gasteiger partial charge in [-0.3, -0.25) is 4.79 Å². The summed E-state index contributed by atoms with van der Waals surface area (Å²) in [6, 6.07) is 12.3. The molecule has 0 aliphatic carbocycles. The number of aryl methyl sites for hydroxylation is 3. The Hall–Kier alpha value is -2.16. The molecule has 8 heteroatoms. The molecular weight excluding hydrogens is 444 g/mol. The van der Waals surface area contributed by atoms with Crippen molar-refractivity contribution in [3.8, 4) is 0 Å². The predicted molar refractivity (Wildman–Crippen MR) is 131 cm³/mol. The van der Waals surface area contributed by atoms with Crippen LogP contribution in [0.5, 0.6) is 0 Å². The SMILES string of the molecule is CCn1c(CSc2nc3ccccc3s2)nnc1SCC(=O)c1c(C)cc(C)cc1C. The minimum Gasteiger partial charge on any atom is -0.306 e. The fourth-order valence-corrected chi connectivity index (χ4v) is 6.61. The number of hydrogen-bond acceptors (Lipinski definition) is 7. The second-order valence-electron chi connectivity index (χ2n) is 7.36. The highest BCUT2D eigenvalue weighted by molar-refractivity contribution is 8.00. The molecule has 0 N–H and O–H groups in total. The van der Waals surface area contributed by atoms with Crippen molar-refractivity contribution in [3.63, 3.8) is 0 Å². The van der Waals surface area contributed by atoms with Gasteiger partial charge in [-0.15, -0.1) is 21.5 Å². The van der Waals surface area contributed by atoms with Gasteiger partial charge in [0.2, 0.25) is 0 Å². The van der Waals surface area contributed by atoms with Crippen molar-refractivity contribution >= 4 is 50.9 Å². The first-order chi connectivity index (χ1) is 15.0. The molecule has 0 unspecified atom stereocenters. The Balaban J connectivity index is 1.44. The van der Waals surface area contributed by atoms with Crippen molar-refractivity contribution in [2.45, 2.75) is 49.5 Å². The van der Waals surface area contributed by atoms with Crippen molar-refractivity contribution in [2.24, 2.45) is 0 Å². The molecule has 0 aliphatic rings. The number of hydrogen-bond donors (Lipinski definition) is 0. The molecule has 2 aromatic heterocycles. The van der Waals surface area contributed by atoms with Gasteiger partial charge < -0.3 is 4.57 Å². The Labute approximate surface area is 194 Å². The minimum atomic E-state index is 0.135. The molecule has 0 atom stereocenters. The Bertz CT molecular complexity index is 1190. The lowest BCUT2D eigenvalue weighted by molar-refractivity contribution is 0.102. The third-order valence-corrected chi connectivity index (χ3v) is 8.14. The summed E-state index contributed by atoms with van der Waals surface area (Å²) >= 11 is 4.83. The Morgan fingerprint density at radius 1 is 1.06 bits per heavy atom. The molecule has 4 aromatic rings. The lowest BCUT2D eigenvalue weighted by Crippen LogP contribution is -2.09. The van der Waals surface area contributed by atoms with E-state index in [9.17, 15) is 4.79 Å². The van der Waals surface area contributed by atoms with E-state index in [-0.39, 0.29) is 5.78 Å². The topological polar surface area (TPSA) is 60.7 Å². The molecular formula is C23H24N4OS3. The first-order valence-corrected chi connectivity index (χ1v) is 12.9. The number of benzene rings is 2. The molecule has 2 heterocycles. The zero-order valence-electron chi connectivity index (χ0n) is 18.0. The molecule has 0 radical (unpaired) electrons. The molecule has 2 aromatic carbocycles. The third kappa shape index (κ3) is 4.86. The van der Waals surface area contributed by atoms with Crippen molar-refractivity contribution in [2.75, 3.05) is 5.75 Å². The summed E-state index contributed by atoms with van der Waals surface area (Å²) in [4.78, 5) is 17.6. The summed E-state index contributed by atoms with van der Waals surface area (Å²) in [5.74, 6) is 2.10. The summed E-state index contributed by atoms with van der Waals surface area (Å²) < 4.78 is 4.31. The molecule has 31 heavy (non-hydrogen) atoms. The van der Waals surface area contributed by atoms with Crippen LogP contribution in [0.1, 0.15) is 39.8 Å². The van der Waals surface area contributed by atoms with E-state index in [4.69, 9.17) is 0 Å². The highest BCUT2D eigenvalue weighted by Gasteiger charge is 2.17. The maximum absolute atomic E-state index is 12.9. The van der Waals surface area contributed by atoms with Crippen LogP contribution in [0, 0.1) is 20.8 Å². The number of aromatic nitrogens is 4. The van der Waals surface area contributed by atoms with E-state index >= 15 is 0 Å². The zero-order chi connectivity index (χ0) is 22.0. The maximum atomic E-state index is 12.9. The van der Waals surface area contributed by atoms with E-state index in [1.807, 2.05) is 32.0 Å². The number of rotatable bonds is 8. The number of Topliss-reactive ketones (excluding diaryl/α,β-unsaturated/α-hetero) is 1. The van der Waals surface area contributed by atoms with Crippen molar-refractivity contribution < 1.29 is 4.79 Å². The van der Waals surface area contributed by atoms with E-state index < -0.39 is 0 Å². The van der Waals surface area contributed by atoms with Gasteiger partial charge >= 0.3 is 0 Å². The molecule has 5 nitrogen and oxygen atoms in total. The summed E-state index contributed by atoms with van der Waals surface area (Å²) in [6.07, 6.45) is 0. The summed E-state index contributed by atoms with van der Waals surface area (Å²) in [5, 5.41) is 9.54. The van der Waals surface area contributed by atoms with Crippen LogP contribution in [-0.2, 0) is 12.3 Å². The van der Waals surface area contributed by atoms with Gasteiger partial charge in [0.25, 0.3) is 0 Å². The fraction of sp³-hybridized carbons (Fsp3) is 0.304. The van der Waals surface area contributed by atoms with E-state index in [1.165, 1.54) is 22.0 Å². The van der Waals surface area contributed by atoms with Crippen LogP contribution in [0.2, 0.25) is 0 Å². The number of fused-ring (bicyclic) bond motifs is 1. The van der Waals surface area contributed by atoms with Crippen LogP contribution in [0.4, 0.5) is 0 Å². The van der Waals surface area contributed by atoms with Gasteiger partial charge in [-0.05, 0) is 51.0 Å². The van der Waals surface area contributed by atoms with Crippen molar-refractivity contribution in [1.82, 2.24) is 19.7 Å². The molecule has 4 rings (SSSR count). The molecule has 0 fully saturated rings. The summed E-state index contributed by atoms with van der Waals surface area (Å²) in [6.45, 7) is 8.91. The second kappa shape index (κ2) is 9.54. The Morgan fingerprint density at radius 2 is 1.81 bits per heavy atom. The lowest BCUT2D eigenvalue weighted by atomic mass is 9.97. The number of thioether (sulfide) groups is 2. The van der Waals surface area contributed by atoms with Gasteiger partial charge in [0.1, 0.15) is 5.82 Å². The largest absolute Gasteiger partial charge is 0.306 e. The normalized spacial score (nSPS) is 11.4. The summed E-state index contributed by atoms with van der Waals surface area (Å²) in [5.41, 5.74) is 5.11. The van der Waals surface area contributed by atoms with E-state index in [2.05, 4.69) is 51.8 Å². The molecule has 160 valence electrons. The number of carbonyl (C=O) groups excluding carboxylic acids is 1. The van der Waals surface area contributed by atoms with Gasteiger partial charge in [0.15, 0.2) is 15.3 Å². The number of thiazole rings is 1. The number of para-hydroxylation sites is 1. The zero-order valence-corrected chi connectivity index (χ0v) is 20.5. The van der Waals surface area contributed by atoms with Crippen LogP contribution < -0.4 is 0 Å². The smallest absolute Gasteiger partial charge is 0.191 e. The minimum absolute atomic E-state index is 0.135. The van der Waals surface area contributed by atoms with Crippen molar-refractivity contribution in [3.05, 3.63) is 64.5 Å². The maximum Gasteiger partial charge on any atom is 0.191 e. The number of carbonyl (C=O) groups is 1. The molecule has 0 saturated heterocycles. The van der Waals surface area contributed by atoms with Crippen LogP contribution in [0.25, 0.3) is 10.2 Å². The third-order valence-electron chi connectivity index (χ3n) is 5.00. The van der Waals surface area contributed by atoms with Crippen LogP contribution >= 0.6 is 34.9 Å². The van der Waals surface area contributed by atoms with E-state index in [1.54, 1.807) is 23.1 Å². The quantitative estimate of drug-likeness (QED) is 0.230. The van der Waals surface area contributed by atoms with E-state index in [0.717, 1.165) is 44.1 Å². The van der Waals surface area contributed by atoms with Crippen LogP contribution in [0.15, 0.2) is 45.9 Å². The first-order valence-electron chi connectivity index (χ1n) is 10.1. The molecule has 0 amide bonds.